The van der Waals surface area contributed by atoms with E-state index in [-0.39, 0.29) is 5.97 Å². The molecule has 1 N–H and O–H groups in total. The molecule has 20 heavy (non-hydrogen) atoms. The number of esters is 1. The van der Waals surface area contributed by atoms with Gasteiger partial charge in [0.1, 0.15) is 0 Å². The van der Waals surface area contributed by atoms with Crippen molar-refractivity contribution in [3.8, 4) is 0 Å². The van der Waals surface area contributed by atoms with Crippen molar-refractivity contribution in [1.29, 1.82) is 0 Å². The molecule has 0 aliphatic carbocycles. The van der Waals surface area contributed by atoms with E-state index in [1.54, 1.807) is 0 Å². The minimum absolute atomic E-state index is 0.113. The van der Waals surface area contributed by atoms with Gasteiger partial charge < -0.3 is 15.0 Å². The highest BCUT2D eigenvalue weighted by molar-refractivity contribution is 5.76. The molecule has 0 aromatic carbocycles. The fourth-order valence-corrected chi connectivity index (χ4v) is 2.82. The van der Waals surface area contributed by atoms with Gasteiger partial charge in [-0.2, -0.15) is 0 Å². The second kappa shape index (κ2) is 7.99. The van der Waals surface area contributed by atoms with Crippen LogP contribution in [0.4, 0.5) is 0 Å². The predicted octanol–water partition coefficient (Wildman–Crippen LogP) is 2.14. The Morgan fingerprint density at radius 3 is 2.45 bits per heavy atom. The summed E-state index contributed by atoms with van der Waals surface area (Å²) in [6, 6.07) is 0. The summed E-state index contributed by atoms with van der Waals surface area (Å²) in [6.07, 6.45) is 2.45. The largest absolute Gasteiger partial charge is 0.469 e. The number of methoxy groups -OCH3 is 1. The Labute approximate surface area is 124 Å². The maximum Gasteiger partial charge on any atom is 0.312 e. The zero-order chi connectivity index (χ0) is 15.2. The highest BCUT2D eigenvalue weighted by Gasteiger charge is 2.32. The summed E-state index contributed by atoms with van der Waals surface area (Å²) in [5, 5.41) is 3.55. The van der Waals surface area contributed by atoms with Crippen molar-refractivity contribution in [2.24, 2.45) is 17.3 Å². The van der Waals surface area contributed by atoms with Gasteiger partial charge in [-0.15, -0.1) is 0 Å². The van der Waals surface area contributed by atoms with Crippen molar-refractivity contribution in [2.75, 3.05) is 39.8 Å². The molecule has 1 aliphatic rings. The zero-order valence-electron chi connectivity index (χ0n) is 13.9. The van der Waals surface area contributed by atoms with Crippen LogP contribution in [-0.4, -0.2) is 50.7 Å². The standard InChI is InChI=1S/C16H32N2O2/c1-13(2)10-17-11-14-6-8-18(9-7-14)12-16(3,4)15(19)20-5/h13-14,17H,6-12H2,1-5H3. The van der Waals surface area contributed by atoms with Gasteiger partial charge in [0.05, 0.1) is 12.5 Å². The van der Waals surface area contributed by atoms with Gasteiger partial charge in [0.2, 0.25) is 0 Å². The molecule has 1 saturated heterocycles. The molecule has 4 heteroatoms. The molecular formula is C16H32N2O2. The van der Waals surface area contributed by atoms with Gasteiger partial charge in [0.25, 0.3) is 0 Å². The minimum Gasteiger partial charge on any atom is -0.469 e. The van der Waals surface area contributed by atoms with Crippen LogP contribution in [0.2, 0.25) is 0 Å². The summed E-state index contributed by atoms with van der Waals surface area (Å²) >= 11 is 0. The van der Waals surface area contributed by atoms with E-state index in [0.717, 1.165) is 44.6 Å². The van der Waals surface area contributed by atoms with Crippen molar-refractivity contribution in [1.82, 2.24) is 10.2 Å². The second-order valence-corrected chi connectivity index (χ2v) is 7.15. The van der Waals surface area contributed by atoms with Crippen molar-refractivity contribution in [2.45, 2.75) is 40.5 Å². The summed E-state index contributed by atoms with van der Waals surface area (Å²) in [4.78, 5) is 14.1. The molecule has 1 fully saturated rings. The number of carbonyl (C=O) groups is 1. The van der Waals surface area contributed by atoms with Crippen molar-refractivity contribution >= 4 is 5.97 Å². The quantitative estimate of drug-likeness (QED) is 0.727. The first kappa shape index (κ1) is 17.4. The van der Waals surface area contributed by atoms with Gasteiger partial charge in [0, 0.05) is 6.54 Å². The third kappa shape index (κ3) is 5.80. The summed E-state index contributed by atoms with van der Waals surface area (Å²) in [5.74, 6) is 1.39. The van der Waals surface area contributed by atoms with Gasteiger partial charge in [-0.05, 0) is 64.7 Å². The molecule has 0 saturated carbocycles. The summed E-state index contributed by atoms with van der Waals surface area (Å²) in [7, 11) is 1.47. The van der Waals surface area contributed by atoms with Gasteiger partial charge in [-0.1, -0.05) is 13.8 Å². The topological polar surface area (TPSA) is 41.6 Å². The molecule has 0 aromatic rings. The molecule has 0 atom stereocenters. The van der Waals surface area contributed by atoms with Gasteiger partial charge in [-0.3, -0.25) is 4.79 Å². The molecule has 1 aliphatic heterocycles. The normalized spacial score (nSPS) is 18.5. The second-order valence-electron chi connectivity index (χ2n) is 7.15. The molecule has 1 heterocycles. The third-order valence-electron chi connectivity index (χ3n) is 4.05. The average Bonchev–Trinajstić information content (AvgIpc) is 2.39. The first-order valence-electron chi connectivity index (χ1n) is 7.86. The highest BCUT2D eigenvalue weighted by Crippen LogP contribution is 2.23. The monoisotopic (exact) mass is 284 g/mol. The number of hydrogen-bond acceptors (Lipinski definition) is 4. The van der Waals surface area contributed by atoms with Crippen LogP contribution in [0.3, 0.4) is 0 Å². The molecule has 4 nitrogen and oxygen atoms in total. The Hall–Kier alpha value is -0.610. The first-order chi connectivity index (χ1) is 9.35. The number of rotatable bonds is 7. The lowest BCUT2D eigenvalue weighted by atomic mass is 9.90. The number of likely N-dealkylation sites (tertiary alicyclic amines) is 1. The maximum atomic E-state index is 11.7. The van der Waals surface area contributed by atoms with E-state index in [9.17, 15) is 4.79 Å². The van der Waals surface area contributed by atoms with E-state index in [0.29, 0.717) is 0 Å². The van der Waals surface area contributed by atoms with E-state index in [4.69, 9.17) is 4.74 Å². The lowest BCUT2D eigenvalue weighted by Gasteiger charge is -2.36. The molecule has 0 radical (unpaired) electrons. The molecule has 0 aromatic heterocycles. The number of nitrogens with zero attached hydrogens (tertiary/aromatic N) is 1. The smallest absolute Gasteiger partial charge is 0.312 e. The number of ether oxygens (including phenoxy) is 1. The van der Waals surface area contributed by atoms with Crippen molar-refractivity contribution in [3.05, 3.63) is 0 Å². The fourth-order valence-electron chi connectivity index (χ4n) is 2.82. The first-order valence-corrected chi connectivity index (χ1v) is 7.86. The van der Waals surface area contributed by atoms with Gasteiger partial charge >= 0.3 is 5.97 Å². The van der Waals surface area contributed by atoms with Gasteiger partial charge in [0.15, 0.2) is 0 Å². The molecular weight excluding hydrogens is 252 g/mol. The highest BCUT2D eigenvalue weighted by atomic mass is 16.5. The Kier molecular flexibility index (Phi) is 6.96. The van der Waals surface area contributed by atoms with Crippen molar-refractivity contribution in [3.63, 3.8) is 0 Å². The van der Waals surface area contributed by atoms with Crippen LogP contribution in [0.1, 0.15) is 40.5 Å². The van der Waals surface area contributed by atoms with Crippen LogP contribution in [0.15, 0.2) is 0 Å². The fraction of sp³-hybridized carbons (Fsp3) is 0.938. The lowest BCUT2D eigenvalue weighted by Crippen LogP contribution is -2.44. The third-order valence-corrected chi connectivity index (χ3v) is 4.05. The van der Waals surface area contributed by atoms with E-state index >= 15 is 0 Å². The van der Waals surface area contributed by atoms with E-state index in [2.05, 4.69) is 24.1 Å². The van der Waals surface area contributed by atoms with Gasteiger partial charge in [-0.25, -0.2) is 0 Å². The Bertz CT molecular complexity index is 295. The lowest BCUT2D eigenvalue weighted by molar-refractivity contribution is -0.152. The zero-order valence-corrected chi connectivity index (χ0v) is 13.9. The summed E-state index contributed by atoms with van der Waals surface area (Å²) in [6.45, 7) is 13.6. The molecule has 0 amide bonds. The number of hydrogen-bond donors (Lipinski definition) is 1. The SMILES string of the molecule is COC(=O)C(C)(C)CN1CCC(CNCC(C)C)CC1. The van der Waals surface area contributed by atoms with Crippen LogP contribution in [0.5, 0.6) is 0 Å². The molecule has 118 valence electrons. The van der Waals surface area contributed by atoms with E-state index in [1.165, 1.54) is 20.0 Å². The summed E-state index contributed by atoms with van der Waals surface area (Å²) < 4.78 is 4.88. The minimum atomic E-state index is -0.405. The molecule has 0 bridgehead atoms. The number of piperidine rings is 1. The Balaban J connectivity index is 2.27. The maximum absolute atomic E-state index is 11.7. The van der Waals surface area contributed by atoms with Crippen LogP contribution >= 0.6 is 0 Å². The van der Waals surface area contributed by atoms with Crippen LogP contribution < -0.4 is 5.32 Å². The Morgan fingerprint density at radius 1 is 1.35 bits per heavy atom. The number of carbonyl (C=O) groups excluding carboxylic acids is 1. The summed E-state index contributed by atoms with van der Waals surface area (Å²) in [5.41, 5.74) is -0.405. The van der Waals surface area contributed by atoms with Crippen molar-refractivity contribution < 1.29 is 9.53 Å². The average molecular weight is 284 g/mol. The Morgan fingerprint density at radius 2 is 1.95 bits per heavy atom. The van der Waals surface area contributed by atoms with Crippen LogP contribution in [0, 0.1) is 17.3 Å². The van der Waals surface area contributed by atoms with Crippen LogP contribution in [0.25, 0.3) is 0 Å². The predicted molar refractivity (Wildman–Crippen MR) is 82.7 cm³/mol. The van der Waals surface area contributed by atoms with E-state index < -0.39 is 5.41 Å². The molecule has 0 unspecified atom stereocenters. The van der Waals surface area contributed by atoms with Crippen LogP contribution in [-0.2, 0) is 9.53 Å². The molecule has 0 spiro atoms. The number of nitrogens with one attached hydrogen (secondary N) is 1. The van der Waals surface area contributed by atoms with E-state index in [1.807, 2.05) is 13.8 Å². The molecule has 1 rings (SSSR count).